The molecule has 12 heteroatoms. The van der Waals surface area contributed by atoms with E-state index in [-0.39, 0.29) is 40.8 Å². The predicted molar refractivity (Wildman–Crippen MR) is 181 cm³/mol. The number of hydrogen-bond donors (Lipinski definition) is 1. The maximum atomic E-state index is 14.0. The number of fused-ring (bicyclic) bond motifs is 1. The van der Waals surface area contributed by atoms with Crippen molar-refractivity contribution in [3.8, 4) is 0 Å². The molecule has 2 aromatic heterocycles. The number of halogens is 1. The lowest BCUT2D eigenvalue weighted by atomic mass is 9.92. The van der Waals surface area contributed by atoms with Crippen molar-refractivity contribution in [2.75, 3.05) is 57.8 Å². The number of carbonyl (C=O) groups excluding carboxylic acids is 2. The zero-order valence-corrected chi connectivity index (χ0v) is 28.2. The van der Waals surface area contributed by atoms with Crippen LogP contribution in [0.5, 0.6) is 0 Å². The zero-order chi connectivity index (χ0) is 31.9. The Morgan fingerprint density at radius 1 is 1.04 bits per heavy atom. The third kappa shape index (κ3) is 6.76. The van der Waals surface area contributed by atoms with Gasteiger partial charge < -0.3 is 19.6 Å². The van der Waals surface area contributed by atoms with Crippen LogP contribution in [0.25, 0.3) is 11.2 Å². The number of likely N-dealkylation sites (tertiary alicyclic amines) is 1. The van der Waals surface area contributed by atoms with Gasteiger partial charge in [0.2, 0.25) is 11.8 Å². The third-order valence-electron chi connectivity index (χ3n) is 9.37. The van der Waals surface area contributed by atoms with E-state index in [0.717, 1.165) is 49.4 Å². The average molecular weight is 654 g/mol. The number of aromatic nitrogens is 3. The molecule has 0 spiro atoms. The minimum Gasteiger partial charge on any atom is -0.367 e. The highest BCUT2D eigenvalue weighted by Crippen LogP contribution is 2.49. The summed E-state index contributed by atoms with van der Waals surface area (Å²) in [6, 6.07) is 9.74. The minimum absolute atomic E-state index is 0.00455. The SMILES string of the molecule is CN1CCN(c2c(Cl)cccc2C2SC(CC(=O)N3CCC(n4c(=O)[nH]c5ncccc54)CC3)C(=O)N2CCC(C)(C)C)CC1. The van der Waals surface area contributed by atoms with E-state index >= 15 is 0 Å². The van der Waals surface area contributed by atoms with Gasteiger partial charge in [0.15, 0.2) is 5.65 Å². The second-order valence-corrected chi connectivity index (χ2v) is 15.5. The number of rotatable bonds is 7. The van der Waals surface area contributed by atoms with Crippen LogP contribution < -0.4 is 10.6 Å². The van der Waals surface area contributed by atoms with Crippen LogP contribution in [0.15, 0.2) is 41.3 Å². The van der Waals surface area contributed by atoms with Crippen molar-refractivity contribution in [1.82, 2.24) is 29.2 Å². The average Bonchev–Trinajstić information content (AvgIpc) is 3.51. The normalized spacial score (nSPS) is 22.2. The molecule has 3 aromatic rings. The number of aromatic amines is 1. The molecular formula is C33H44ClN7O3S. The fourth-order valence-corrected chi connectivity index (χ4v) is 8.52. The fourth-order valence-electron chi connectivity index (χ4n) is 6.72. The summed E-state index contributed by atoms with van der Waals surface area (Å²) in [5.41, 5.74) is 3.33. The van der Waals surface area contributed by atoms with E-state index in [0.29, 0.717) is 43.1 Å². The van der Waals surface area contributed by atoms with Crippen molar-refractivity contribution in [2.24, 2.45) is 5.41 Å². The smallest absolute Gasteiger partial charge is 0.327 e. The maximum absolute atomic E-state index is 14.0. The minimum atomic E-state index is -0.457. The van der Waals surface area contributed by atoms with Crippen molar-refractivity contribution in [3.63, 3.8) is 0 Å². The van der Waals surface area contributed by atoms with E-state index in [2.05, 4.69) is 53.7 Å². The van der Waals surface area contributed by atoms with E-state index in [1.807, 2.05) is 34.1 Å². The van der Waals surface area contributed by atoms with E-state index < -0.39 is 5.25 Å². The molecule has 0 bridgehead atoms. The summed E-state index contributed by atoms with van der Waals surface area (Å²) in [4.78, 5) is 56.0. The number of para-hydroxylation sites is 1. The number of likely N-dealkylation sites (N-methyl/N-ethyl adjacent to an activating group) is 1. The predicted octanol–water partition coefficient (Wildman–Crippen LogP) is 4.76. The van der Waals surface area contributed by atoms with E-state index in [1.54, 1.807) is 22.5 Å². The van der Waals surface area contributed by atoms with Crippen molar-refractivity contribution in [1.29, 1.82) is 0 Å². The zero-order valence-electron chi connectivity index (χ0n) is 26.7. The Bertz CT molecular complexity index is 1600. The molecule has 2 unspecified atom stereocenters. The molecule has 0 saturated carbocycles. The summed E-state index contributed by atoms with van der Waals surface area (Å²) < 4.78 is 1.78. The molecule has 3 aliphatic rings. The molecule has 1 aromatic carbocycles. The standard InChI is InChI=1S/C33H44ClN7O3S/c1-33(2,3)12-16-40-30(43)26(45-31(40)23-7-5-8-24(34)28(23)39-19-17-37(4)18-20-39)21-27(42)38-14-10-22(11-15-38)41-25-9-6-13-35-29(25)36-32(41)44/h5-9,13,22,26,31H,10-12,14-21H2,1-4H3,(H,35,36,44). The number of piperazine rings is 1. The second kappa shape index (κ2) is 13.0. The number of piperidine rings is 1. The van der Waals surface area contributed by atoms with E-state index in [9.17, 15) is 14.4 Å². The Kier molecular flexibility index (Phi) is 9.23. The Balaban J connectivity index is 1.18. The van der Waals surface area contributed by atoms with Crippen LogP contribution >= 0.6 is 23.4 Å². The number of imidazole rings is 1. The molecule has 1 N–H and O–H groups in total. The molecule has 3 aliphatic heterocycles. The molecule has 242 valence electrons. The van der Waals surface area contributed by atoms with Crippen molar-refractivity contribution in [3.05, 3.63) is 57.6 Å². The van der Waals surface area contributed by atoms with Gasteiger partial charge in [-0.15, -0.1) is 11.8 Å². The molecule has 0 aliphatic carbocycles. The summed E-state index contributed by atoms with van der Waals surface area (Å²) in [7, 11) is 2.13. The molecule has 10 nitrogen and oxygen atoms in total. The summed E-state index contributed by atoms with van der Waals surface area (Å²) in [5.74, 6) is 0.0219. The molecular weight excluding hydrogens is 610 g/mol. The van der Waals surface area contributed by atoms with Crippen LogP contribution in [-0.4, -0.2) is 99.2 Å². The number of anilines is 1. The van der Waals surface area contributed by atoms with Gasteiger partial charge in [-0.2, -0.15) is 0 Å². The highest BCUT2D eigenvalue weighted by molar-refractivity contribution is 8.01. The number of hydrogen-bond acceptors (Lipinski definition) is 7. The Morgan fingerprint density at radius 3 is 2.49 bits per heavy atom. The van der Waals surface area contributed by atoms with Gasteiger partial charge >= 0.3 is 5.69 Å². The molecule has 2 atom stereocenters. The maximum Gasteiger partial charge on any atom is 0.327 e. The van der Waals surface area contributed by atoms with Crippen LogP contribution in [0.3, 0.4) is 0 Å². The summed E-state index contributed by atoms with van der Waals surface area (Å²) >= 11 is 8.46. The van der Waals surface area contributed by atoms with Gasteiger partial charge in [0.1, 0.15) is 5.37 Å². The van der Waals surface area contributed by atoms with Gasteiger partial charge in [0, 0.05) is 70.0 Å². The number of thioether (sulfide) groups is 1. The number of nitrogens with zero attached hydrogens (tertiary/aromatic N) is 6. The first-order valence-electron chi connectivity index (χ1n) is 16.0. The van der Waals surface area contributed by atoms with Gasteiger partial charge in [0.25, 0.3) is 0 Å². The Labute approximate surface area is 274 Å². The van der Waals surface area contributed by atoms with Crippen LogP contribution in [0.4, 0.5) is 5.69 Å². The van der Waals surface area contributed by atoms with Gasteiger partial charge in [-0.05, 0) is 49.9 Å². The monoisotopic (exact) mass is 653 g/mol. The van der Waals surface area contributed by atoms with Crippen LogP contribution in [0, 0.1) is 5.41 Å². The van der Waals surface area contributed by atoms with E-state index in [1.165, 1.54) is 0 Å². The van der Waals surface area contributed by atoms with Crippen molar-refractivity contribution >= 4 is 52.0 Å². The van der Waals surface area contributed by atoms with Crippen LogP contribution in [0.1, 0.15) is 63.4 Å². The quantitative estimate of drug-likeness (QED) is 0.393. The number of amides is 2. The molecule has 3 saturated heterocycles. The first kappa shape index (κ1) is 31.9. The molecule has 6 rings (SSSR count). The first-order chi connectivity index (χ1) is 21.5. The number of pyridine rings is 1. The van der Waals surface area contributed by atoms with E-state index in [4.69, 9.17) is 11.6 Å². The Morgan fingerprint density at radius 2 is 1.78 bits per heavy atom. The number of benzene rings is 1. The van der Waals surface area contributed by atoms with Gasteiger partial charge in [-0.1, -0.05) is 44.5 Å². The highest BCUT2D eigenvalue weighted by atomic mass is 35.5. The van der Waals surface area contributed by atoms with Crippen LogP contribution in [0.2, 0.25) is 5.02 Å². The molecule has 2 amide bonds. The third-order valence-corrected chi connectivity index (χ3v) is 11.1. The van der Waals surface area contributed by atoms with Crippen molar-refractivity contribution in [2.45, 2.75) is 63.1 Å². The molecule has 0 radical (unpaired) electrons. The molecule has 3 fully saturated rings. The number of carbonyl (C=O) groups is 2. The first-order valence-corrected chi connectivity index (χ1v) is 17.3. The lowest BCUT2D eigenvalue weighted by molar-refractivity contribution is -0.136. The van der Waals surface area contributed by atoms with Gasteiger partial charge in [-0.25, -0.2) is 9.78 Å². The summed E-state index contributed by atoms with van der Waals surface area (Å²) in [6.45, 7) is 11.9. The highest BCUT2D eigenvalue weighted by Gasteiger charge is 2.44. The van der Waals surface area contributed by atoms with Gasteiger partial charge in [-0.3, -0.25) is 19.1 Å². The number of H-pyrrole nitrogens is 1. The fraction of sp³-hybridized carbons (Fsp3) is 0.576. The van der Waals surface area contributed by atoms with Crippen LogP contribution in [-0.2, 0) is 9.59 Å². The largest absolute Gasteiger partial charge is 0.367 e. The molecule has 45 heavy (non-hydrogen) atoms. The summed E-state index contributed by atoms with van der Waals surface area (Å²) in [6.07, 6.45) is 4.04. The molecule has 5 heterocycles. The van der Waals surface area contributed by atoms with Crippen molar-refractivity contribution < 1.29 is 9.59 Å². The number of nitrogens with one attached hydrogen (secondary N) is 1. The second-order valence-electron chi connectivity index (χ2n) is 13.8. The Hall–Kier alpha value is -3.02. The van der Waals surface area contributed by atoms with Gasteiger partial charge in [0.05, 0.1) is 21.5 Å². The summed E-state index contributed by atoms with van der Waals surface area (Å²) in [5, 5.41) is 0.0364. The topological polar surface area (TPSA) is 97.8 Å². The lowest BCUT2D eigenvalue weighted by Crippen LogP contribution is -2.45. The lowest BCUT2D eigenvalue weighted by Gasteiger charge is -2.37.